The number of rotatable bonds is 7. The predicted octanol–water partition coefficient (Wildman–Crippen LogP) is 4.34. The number of hydrogen-bond acceptors (Lipinski definition) is 3. The Kier molecular flexibility index (Phi) is 7.21. The Bertz CT molecular complexity index is 741. The summed E-state index contributed by atoms with van der Waals surface area (Å²) in [5, 5.41) is 2.80. The zero-order valence-corrected chi connectivity index (χ0v) is 16.7. The molecule has 0 heterocycles. The number of carbonyl (C=O) groups excluding carboxylic acids is 2. The first-order chi connectivity index (χ1) is 12.4. The first-order valence-electron chi connectivity index (χ1n) is 8.57. The fourth-order valence-electron chi connectivity index (χ4n) is 2.40. The summed E-state index contributed by atoms with van der Waals surface area (Å²) in [6.07, 6.45) is -0.645. The second-order valence-electron chi connectivity index (χ2n) is 5.76. The molecule has 0 bridgehead atoms. The summed E-state index contributed by atoms with van der Waals surface area (Å²) in [5.74, 6) is 0.353. The number of nitrogens with zero attached hydrogens (tertiary/aromatic N) is 1. The first kappa shape index (κ1) is 20.0. The van der Waals surface area contributed by atoms with Gasteiger partial charge in [0.15, 0.2) is 6.10 Å². The number of nitrogens with one attached hydrogen (secondary N) is 1. The van der Waals surface area contributed by atoms with Crippen LogP contribution in [-0.2, 0) is 4.79 Å². The molecule has 1 unspecified atom stereocenters. The molecule has 0 aromatic heterocycles. The average Bonchev–Trinajstić information content (AvgIpc) is 2.65. The largest absolute Gasteiger partial charge is 0.481 e. The van der Waals surface area contributed by atoms with E-state index in [2.05, 4.69) is 21.2 Å². The van der Waals surface area contributed by atoms with Crippen molar-refractivity contribution in [2.75, 3.05) is 18.4 Å². The lowest BCUT2D eigenvalue weighted by Crippen LogP contribution is -2.31. The minimum absolute atomic E-state index is 0.0141. The molecule has 6 heteroatoms. The molecule has 0 spiro atoms. The number of benzene rings is 2. The fraction of sp³-hybridized carbons (Fsp3) is 0.300. The number of hydrogen-bond donors (Lipinski definition) is 1. The molecule has 0 fully saturated rings. The third kappa shape index (κ3) is 5.33. The molecule has 1 N–H and O–H groups in total. The Morgan fingerprint density at radius 2 is 1.62 bits per heavy atom. The van der Waals surface area contributed by atoms with Gasteiger partial charge in [-0.05, 0) is 69.3 Å². The number of amides is 2. The lowest BCUT2D eigenvalue weighted by atomic mass is 10.1. The summed E-state index contributed by atoms with van der Waals surface area (Å²) >= 11 is 3.36. The van der Waals surface area contributed by atoms with Crippen LogP contribution < -0.4 is 10.1 Å². The van der Waals surface area contributed by atoms with E-state index < -0.39 is 6.10 Å². The van der Waals surface area contributed by atoms with Gasteiger partial charge >= 0.3 is 0 Å². The molecule has 138 valence electrons. The highest BCUT2D eigenvalue weighted by Gasteiger charge is 2.16. The van der Waals surface area contributed by atoms with Crippen molar-refractivity contribution < 1.29 is 14.3 Å². The van der Waals surface area contributed by atoms with Crippen LogP contribution in [0.2, 0.25) is 0 Å². The van der Waals surface area contributed by atoms with Crippen LogP contribution in [0.3, 0.4) is 0 Å². The molecule has 0 radical (unpaired) electrons. The standard InChI is InChI=1S/C20H23BrN2O3/c1-4-23(5-2)20(25)15-6-10-17(11-7-15)22-19(24)14(3)26-18-12-8-16(21)9-13-18/h6-14H,4-5H2,1-3H3,(H,22,24). The Hall–Kier alpha value is -2.34. The number of anilines is 1. The van der Waals surface area contributed by atoms with E-state index in [0.717, 1.165) is 4.47 Å². The van der Waals surface area contributed by atoms with Crippen LogP contribution in [0.1, 0.15) is 31.1 Å². The summed E-state index contributed by atoms with van der Waals surface area (Å²) in [7, 11) is 0. The second kappa shape index (κ2) is 9.38. The molecule has 0 aliphatic rings. The smallest absolute Gasteiger partial charge is 0.265 e. The van der Waals surface area contributed by atoms with Gasteiger partial charge in [-0.15, -0.1) is 0 Å². The van der Waals surface area contributed by atoms with Crippen molar-refractivity contribution in [3.8, 4) is 5.75 Å². The SMILES string of the molecule is CCN(CC)C(=O)c1ccc(NC(=O)C(C)Oc2ccc(Br)cc2)cc1. The quantitative estimate of drug-likeness (QED) is 0.727. The van der Waals surface area contributed by atoms with Crippen molar-refractivity contribution in [3.63, 3.8) is 0 Å². The van der Waals surface area contributed by atoms with Crippen LogP contribution in [0.4, 0.5) is 5.69 Å². The number of ether oxygens (including phenoxy) is 1. The van der Waals surface area contributed by atoms with E-state index in [0.29, 0.717) is 30.1 Å². The molecular formula is C20H23BrN2O3. The van der Waals surface area contributed by atoms with E-state index in [-0.39, 0.29) is 11.8 Å². The molecule has 2 aromatic carbocycles. The molecule has 1 atom stereocenters. The molecule has 0 aliphatic heterocycles. The second-order valence-corrected chi connectivity index (χ2v) is 6.67. The molecule has 0 saturated heterocycles. The Balaban J connectivity index is 1.96. The van der Waals surface area contributed by atoms with Crippen LogP contribution in [0.5, 0.6) is 5.75 Å². The lowest BCUT2D eigenvalue weighted by Gasteiger charge is -2.19. The maximum atomic E-state index is 12.3. The van der Waals surface area contributed by atoms with Crippen LogP contribution in [0.25, 0.3) is 0 Å². The maximum Gasteiger partial charge on any atom is 0.265 e. The predicted molar refractivity (Wildman–Crippen MR) is 107 cm³/mol. The zero-order chi connectivity index (χ0) is 19.1. The highest BCUT2D eigenvalue weighted by atomic mass is 79.9. The maximum absolute atomic E-state index is 12.3. The van der Waals surface area contributed by atoms with E-state index in [1.54, 1.807) is 48.2 Å². The number of halogens is 1. The van der Waals surface area contributed by atoms with Gasteiger partial charge in [0.25, 0.3) is 11.8 Å². The van der Waals surface area contributed by atoms with Crippen molar-refractivity contribution in [2.24, 2.45) is 0 Å². The molecule has 26 heavy (non-hydrogen) atoms. The van der Waals surface area contributed by atoms with Crippen molar-refractivity contribution in [1.29, 1.82) is 0 Å². The van der Waals surface area contributed by atoms with Gasteiger partial charge < -0.3 is 15.0 Å². The van der Waals surface area contributed by atoms with E-state index in [1.165, 1.54) is 0 Å². The Morgan fingerprint density at radius 3 is 2.15 bits per heavy atom. The van der Waals surface area contributed by atoms with E-state index in [1.807, 2.05) is 26.0 Å². The van der Waals surface area contributed by atoms with Gasteiger partial charge in [0, 0.05) is 28.8 Å². The topological polar surface area (TPSA) is 58.6 Å². The fourth-order valence-corrected chi connectivity index (χ4v) is 2.67. The van der Waals surface area contributed by atoms with Gasteiger partial charge in [-0.3, -0.25) is 9.59 Å². The van der Waals surface area contributed by atoms with Crippen LogP contribution >= 0.6 is 15.9 Å². The van der Waals surface area contributed by atoms with E-state index in [9.17, 15) is 9.59 Å². The highest BCUT2D eigenvalue weighted by molar-refractivity contribution is 9.10. The normalized spacial score (nSPS) is 11.5. The Labute approximate surface area is 162 Å². The van der Waals surface area contributed by atoms with E-state index in [4.69, 9.17) is 4.74 Å². The molecule has 5 nitrogen and oxygen atoms in total. The molecule has 0 saturated carbocycles. The van der Waals surface area contributed by atoms with Gasteiger partial charge in [-0.1, -0.05) is 15.9 Å². The molecule has 2 aromatic rings. The van der Waals surface area contributed by atoms with Gasteiger partial charge in [0.05, 0.1) is 0 Å². The van der Waals surface area contributed by atoms with Crippen LogP contribution in [-0.4, -0.2) is 35.9 Å². The first-order valence-corrected chi connectivity index (χ1v) is 9.36. The molecular weight excluding hydrogens is 396 g/mol. The van der Waals surface area contributed by atoms with Crippen LogP contribution in [0, 0.1) is 0 Å². The van der Waals surface area contributed by atoms with Crippen molar-refractivity contribution in [1.82, 2.24) is 4.90 Å². The monoisotopic (exact) mass is 418 g/mol. The minimum Gasteiger partial charge on any atom is -0.481 e. The summed E-state index contributed by atoms with van der Waals surface area (Å²) in [4.78, 5) is 26.3. The summed E-state index contributed by atoms with van der Waals surface area (Å²) in [6.45, 7) is 6.92. The number of carbonyl (C=O) groups is 2. The van der Waals surface area contributed by atoms with Gasteiger partial charge in [0.1, 0.15) is 5.75 Å². The summed E-state index contributed by atoms with van der Waals surface area (Å²) in [6, 6.07) is 14.2. The summed E-state index contributed by atoms with van der Waals surface area (Å²) < 4.78 is 6.58. The zero-order valence-electron chi connectivity index (χ0n) is 15.2. The van der Waals surface area contributed by atoms with Gasteiger partial charge in [0.2, 0.25) is 0 Å². The van der Waals surface area contributed by atoms with Crippen molar-refractivity contribution in [2.45, 2.75) is 26.9 Å². The van der Waals surface area contributed by atoms with Crippen molar-refractivity contribution >= 4 is 33.4 Å². The van der Waals surface area contributed by atoms with Crippen molar-refractivity contribution in [3.05, 3.63) is 58.6 Å². The average molecular weight is 419 g/mol. The highest BCUT2D eigenvalue weighted by Crippen LogP contribution is 2.18. The van der Waals surface area contributed by atoms with Gasteiger partial charge in [-0.2, -0.15) is 0 Å². The molecule has 0 aliphatic carbocycles. The van der Waals surface area contributed by atoms with Gasteiger partial charge in [-0.25, -0.2) is 0 Å². The third-order valence-electron chi connectivity index (χ3n) is 3.95. The third-order valence-corrected chi connectivity index (χ3v) is 4.47. The molecule has 2 rings (SSSR count). The minimum atomic E-state index is -0.645. The Morgan fingerprint density at radius 1 is 1.04 bits per heavy atom. The van der Waals surface area contributed by atoms with E-state index >= 15 is 0 Å². The summed E-state index contributed by atoms with van der Waals surface area (Å²) in [5.41, 5.74) is 1.23. The van der Waals surface area contributed by atoms with Crippen LogP contribution in [0.15, 0.2) is 53.0 Å². The molecule has 2 amide bonds. The lowest BCUT2D eigenvalue weighted by molar-refractivity contribution is -0.122.